The third-order valence-corrected chi connectivity index (χ3v) is 3.90. The van der Waals surface area contributed by atoms with Crippen LogP contribution in [0.2, 0.25) is 0 Å². The van der Waals surface area contributed by atoms with Gasteiger partial charge in [-0.05, 0) is 19.9 Å². The molecule has 1 atom stereocenters. The molecule has 0 fully saturated rings. The van der Waals surface area contributed by atoms with Crippen LogP contribution in [-0.2, 0) is 6.54 Å². The molecule has 0 aromatic carbocycles. The Bertz CT molecular complexity index is 301. The molecule has 94 valence electrons. The van der Waals surface area contributed by atoms with Gasteiger partial charge in [-0.1, -0.05) is 13.8 Å². The molecule has 0 spiro atoms. The van der Waals surface area contributed by atoms with Crippen molar-refractivity contribution in [3.63, 3.8) is 0 Å². The lowest BCUT2D eigenvalue weighted by molar-refractivity contribution is 0.254. The fraction of sp³-hybridized carbons (Fsp3) is 0.727. The fourth-order valence-corrected chi connectivity index (χ4v) is 2.20. The highest BCUT2D eigenvalue weighted by Crippen LogP contribution is 2.22. The van der Waals surface area contributed by atoms with Crippen LogP contribution in [0.15, 0.2) is 6.20 Å². The maximum Gasteiger partial charge on any atom is 0.107 e. The third-order valence-electron chi connectivity index (χ3n) is 2.62. The van der Waals surface area contributed by atoms with E-state index in [2.05, 4.69) is 37.7 Å². The van der Waals surface area contributed by atoms with Crippen molar-refractivity contribution in [2.75, 3.05) is 13.6 Å². The molecule has 2 N–H and O–H groups in total. The number of hydrogen-bond donors (Lipinski definition) is 1. The van der Waals surface area contributed by atoms with Crippen molar-refractivity contribution in [1.29, 1.82) is 0 Å². The van der Waals surface area contributed by atoms with Crippen LogP contribution in [0.1, 0.15) is 36.6 Å². The molecule has 0 bridgehead atoms. The van der Waals surface area contributed by atoms with E-state index in [4.69, 9.17) is 5.73 Å². The monoisotopic (exact) mass is 263 g/mol. The van der Waals surface area contributed by atoms with Gasteiger partial charge in [-0.2, -0.15) is 0 Å². The van der Waals surface area contributed by atoms with Crippen molar-refractivity contribution in [3.05, 3.63) is 16.1 Å². The molecule has 0 aliphatic rings. The lowest BCUT2D eigenvalue weighted by atomic mass is 10.2. The number of thiazole rings is 1. The molecule has 5 heteroatoms. The molecule has 1 rings (SSSR count). The zero-order valence-electron chi connectivity index (χ0n) is 10.4. The molecule has 1 heterocycles. The van der Waals surface area contributed by atoms with Crippen LogP contribution in [0.25, 0.3) is 0 Å². The maximum absolute atomic E-state index is 5.62. The topological polar surface area (TPSA) is 42.2 Å². The van der Waals surface area contributed by atoms with E-state index in [0.29, 0.717) is 18.5 Å². The van der Waals surface area contributed by atoms with E-state index in [9.17, 15) is 0 Å². The highest BCUT2D eigenvalue weighted by Gasteiger charge is 2.11. The summed E-state index contributed by atoms with van der Waals surface area (Å²) in [4.78, 5) is 8.03. The van der Waals surface area contributed by atoms with Gasteiger partial charge in [-0.15, -0.1) is 23.7 Å². The van der Waals surface area contributed by atoms with Crippen molar-refractivity contribution in [2.45, 2.75) is 39.3 Å². The van der Waals surface area contributed by atoms with Crippen molar-refractivity contribution in [1.82, 2.24) is 9.88 Å². The summed E-state index contributed by atoms with van der Waals surface area (Å²) in [5.41, 5.74) is 5.62. The quantitative estimate of drug-likeness (QED) is 0.888. The zero-order chi connectivity index (χ0) is 11.4. The van der Waals surface area contributed by atoms with Gasteiger partial charge in [0.2, 0.25) is 0 Å². The molecule has 0 aliphatic carbocycles. The molecule has 0 saturated heterocycles. The molecule has 0 radical (unpaired) electrons. The van der Waals surface area contributed by atoms with Gasteiger partial charge in [-0.3, -0.25) is 4.90 Å². The highest BCUT2D eigenvalue weighted by molar-refractivity contribution is 7.11. The first-order valence-electron chi connectivity index (χ1n) is 5.39. The second kappa shape index (κ2) is 7.22. The Morgan fingerprint density at radius 1 is 1.44 bits per heavy atom. The standard InChI is InChI=1S/C11H21N3S.ClH/c1-8(2)10-6-13-11(15-10)7-14(4)9(3)5-12;/h6,8-9H,5,7,12H2,1-4H3;1H. The van der Waals surface area contributed by atoms with Gasteiger partial charge in [0.05, 0.1) is 6.54 Å². The Hall–Kier alpha value is -0.160. The molecule has 1 unspecified atom stereocenters. The number of likely N-dealkylation sites (N-methyl/N-ethyl adjacent to an activating group) is 1. The second-order valence-electron chi connectivity index (χ2n) is 4.31. The van der Waals surface area contributed by atoms with Crippen LogP contribution in [-0.4, -0.2) is 29.5 Å². The number of nitrogens with zero attached hydrogens (tertiary/aromatic N) is 2. The van der Waals surface area contributed by atoms with E-state index in [1.807, 2.05) is 6.20 Å². The van der Waals surface area contributed by atoms with Gasteiger partial charge in [0, 0.05) is 23.7 Å². The molecule has 0 aliphatic heterocycles. The third kappa shape index (κ3) is 4.37. The lowest BCUT2D eigenvalue weighted by Gasteiger charge is -2.21. The van der Waals surface area contributed by atoms with Crippen LogP contribution in [0.5, 0.6) is 0 Å². The van der Waals surface area contributed by atoms with Crippen LogP contribution in [0.4, 0.5) is 0 Å². The first kappa shape index (κ1) is 15.8. The molecular formula is C11H22ClN3S. The van der Waals surface area contributed by atoms with Crippen LogP contribution in [0.3, 0.4) is 0 Å². The molecule has 3 nitrogen and oxygen atoms in total. The van der Waals surface area contributed by atoms with Crippen molar-refractivity contribution in [3.8, 4) is 0 Å². The van der Waals surface area contributed by atoms with E-state index >= 15 is 0 Å². The summed E-state index contributed by atoms with van der Waals surface area (Å²) >= 11 is 1.80. The summed E-state index contributed by atoms with van der Waals surface area (Å²) in [6, 6.07) is 0.413. The molecule has 0 saturated carbocycles. The van der Waals surface area contributed by atoms with Gasteiger partial charge >= 0.3 is 0 Å². The summed E-state index contributed by atoms with van der Waals surface area (Å²) in [7, 11) is 2.09. The summed E-state index contributed by atoms with van der Waals surface area (Å²) in [5, 5.41) is 1.18. The van der Waals surface area contributed by atoms with E-state index in [1.165, 1.54) is 9.88 Å². The minimum absolute atomic E-state index is 0. The second-order valence-corrected chi connectivity index (χ2v) is 5.46. The van der Waals surface area contributed by atoms with E-state index in [1.54, 1.807) is 11.3 Å². The van der Waals surface area contributed by atoms with E-state index in [0.717, 1.165) is 6.54 Å². The maximum atomic E-state index is 5.62. The summed E-state index contributed by atoms with van der Waals surface area (Å²) in [5.74, 6) is 0.577. The van der Waals surface area contributed by atoms with Gasteiger partial charge in [0.15, 0.2) is 0 Å². The van der Waals surface area contributed by atoms with Gasteiger partial charge in [0.1, 0.15) is 5.01 Å². The Morgan fingerprint density at radius 3 is 2.50 bits per heavy atom. The minimum atomic E-state index is 0. The normalized spacial score (nSPS) is 12.9. The number of hydrogen-bond acceptors (Lipinski definition) is 4. The average Bonchev–Trinajstić information content (AvgIpc) is 2.65. The first-order valence-corrected chi connectivity index (χ1v) is 6.21. The van der Waals surface area contributed by atoms with E-state index in [-0.39, 0.29) is 12.4 Å². The molecule has 16 heavy (non-hydrogen) atoms. The molecule has 1 aromatic heterocycles. The minimum Gasteiger partial charge on any atom is -0.329 e. The average molecular weight is 264 g/mol. The Balaban J connectivity index is 0.00000225. The van der Waals surface area contributed by atoms with Gasteiger partial charge in [-0.25, -0.2) is 4.98 Å². The SMILES string of the molecule is CC(C)c1cnc(CN(C)C(C)CN)s1.Cl. The van der Waals surface area contributed by atoms with Crippen LogP contribution < -0.4 is 5.73 Å². The predicted molar refractivity (Wildman–Crippen MR) is 73.4 cm³/mol. The van der Waals surface area contributed by atoms with Crippen LogP contribution >= 0.6 is 23.7 Å². The zero-order valence-corrected chi connectivity index (χ0v) is 12.1. The number of aromatic nitrogens is 1. The number of halogens is 1. The van der Waals surface area contributed by atoms with Crippen molar-refractivity contribution in [2.24, 2.45) is 5.73 Å². The van der Waals surface area contributed by atoms with Gasteiger partial charge < -0.3 is 5.73 Å². The summed E-state index contributed by atoms with van der Waals surface area (Å²) in [6.07, 6.45) is 1.99. The molecule has 0 amide bonds. The van der Waals surface area contributed by atoms with Crippen LogP contribution in [0, 0.1) is 0 Å². The number of rotatable bonds is 5. The largest absolute Gasteiger partial charge is 0.329 e. The lowest BCUT2D eigenvalue weighted by Crippen LogP contribution is -2.34. The highest BCUT2D eigenvalue weighted by atomic mass is 35.5. The van der Waals surface area contributed by atoms with E-state index < -0.39 is 0 Å². The molecule has 1 aromatic rings. The predicted octanol–water partition coefficient (Wildman–Crippen LogP) is 2.47. The first-order chi connectivity index (χ1) is 7.04. The fourth-order valence-electron chi connectivity index (χ4n) is 1.21. The molecular weight excluding hydrogens is 242 g/mol. The van der Waals surface area contributed by atoms with Gasteiger partial charge in [0.25, 0.3) is 0 Å². The number of nitrogens with two attached hydrogens (primary N) is 1. The summed E-state index contributed by atoms with van der Waals surface area (Å²) in [6.45, 7) is 8.12. The smallest absolute Gasteiger partial charge is 0.107 e. The Morgan fingerprint density at radius 2 is 2.06 bits per heavy atom. The summed E-state index contributed by atoms with van der Waals surface area (Å²) < 4.78 is 0. The Kier molecular flexibility index (Phi) is 7.15. The Labute approximate surface area is 108 Å². The van der Waals surface area contributed by atoms with Crippen molar-refractivity contribution < 1.29 is 0 Å². The van der Waals surface area contributed by atoms with Crippen molar-refractivity contribution >= 4 is 23.7 Å².